The lowest BCUT2D eigenvalue weighted by atomic mass is 10.4. The summed E-state index contributed by atoms with van der Waals surface area (Å²) in [5.41, 5.74) is 0. The number of hydrogen-bond donors (Lipinski definition) is 0. The lowest BCUT2D eigenvalue weighted by Gasteiger charge is -2.66. The van der Waals surface area contributed by atoms with Crippen LogP contribution >= 0.6 is 0 Å². The molecule has 3 fully saturated rings. The fourth-order valence-electron chi connectivity index (χ4n) is 13.0. The summed E-state index contributed by atoms with van der Waals surface area (Å²) in [6, 6.07) is 17.9. The van der Waals surface area contributed by atoms with E-state index in [9.17, 15) is 0 Å². The lowest BCUT2D eigenvalue weighted by molar-refractivity contribution is 0.814. The van der Waals surface area contributed by atoms with Crippen LogP contribution in [0, 0.1) is 0 Å². The molecule has 3 rings (SSSR count). The van der Waals surface area contributed by atoms with Crippen LogP contribution in [0.15, 0.2) is 0 Å². The van der Waals surface area contributed by atoms with Crippen LogP contribution in [0.1, 0.15) is 178 Å². The van der Waals surface area contributed by atoms with Crippen LogP contribution in [0.3, 0.4) is 0 Å². The summed E-state index contributed by atoms with van der Waals surface area (Å²) in [5, 5.41) is 0. The van der Waals surface area contributed by atoms with Gasteiger partial charge in [-0.25, -0.2) is 0 Å². The zero-order valence-electron chi connectivity index (χ0n) is 33.3. The van der Waals surface area contributed by atoms with Gasteiger partial charge in [0.25, 0.3) is 0 Å². The summed E-state index contributed by atoms with van der Waals surface area (Å²) in [4.78, 5) is 0. The number of hydrogen-bond acceptors (Lipinski definition) is 0. The van der Waals surface area contributed by atoms with Gasteiger partial charge in [-0.05, 0) is 25.7 Å². The van der Waals surface area contributed by atoms with Crippen molar-refractivity contribution in [2.24, 2.45) is 0 Å². The monoisotopic (exact) mass is 772 g/mol. The highest BCUT2D eigenvalue weighted by Gasteiger charge is 2.80. The molecular formula is C36H88Si9. The van der Waals surface area contributed by atoms with E-state index in [0.29, 0.717) is 25.7 Å². The van der Waals surface area contributed by atoms with Gasteiger partial charge in [-0.15, -0.1) is 0 Å². The van der Waals surface area contributed by atoms with E-state index in [1.165, 1.54) is 12.8 Å². The van der Waals surface area contributed by atoms with Crippen molar-refractivity contribution in [2.45, 2.75) is 232 Å². The molecule has 3 atom stereocenters. The lowest BCUT2D eigenvalue weighted by Crippen LogP contribution is -2.89. The highest BCUT2D eigenvalue weighted by Crippen LogP contribution is 2.59. The number of unbranched alkanes of at least 4 members (excludes halogenated alkanes) is 9. The molecule has 268 valence electrons. The smallest absolute Gasteiger partial charge is 0.0371 e. The van der Waals surface area contributed by atoms with Gasteiger partial charge in [-0.2, -0.15) is 0 Å². The van der Waals surface area contributed by atoms with E-state index >= 15 is 0 Å². The SMILES string of the molecule is CCCC[SiH]1[SiH2][Si]2(CCCC)[SiH2][SiH2][Si]1(CCCC)[Si](CCCC)(CCCC)[Si](CCCC)(CCCC)[Si]2(CCCC)CCCC. The first kappa shape index (κ1) is 43.1. The molecule has 0 aromatic heterocycles. The van der Waals surface area contributed by atoms with Gasteiger partial charge in [0.05, 0.1) is 0 Å². The highest BCUT2D eigenvalue weighted by atomic mass is 30.4. The van der Waals surface area contributed by atoms with Crippen molar-refractivity contribution in [1.29, 1.82) is 0 Å². The summed E-state index contributed by atoms with van der Waals surface area (Å²) < 4.78 is 0. The van der Waals surface area contributed by atoms with E-state index in [1.54, 1.807) is 103 Å². The zero-order chi connectivity index (χ0) is 33.3. The van der Waals surface area contributed by atoms with Crippen molar-refractivity contribution in [3.63, 3.8) is 0 Å². The third kappa shape index (κ3) is 8.89. The summed E-state index contributed by atoms with van der Waals surface area (Å²) in [7, 11) is -3.35. The number of fused-ring (bicyclic) bond motifs is 4. The maximum atomic E-state index is 2.64. The molecule has 9 heteroatoms. The Balaban J connectivity index is 3.29. The predicted octanol–water partition coefficient (Wildman–Crippen LogP) is 10.5. The molecule has 0 nitrogen and oxygen atoms in total. The van der Waals surface area contributed by atoms with Crippen molar-refractivity contribution in [2.75, 3.05) is 0 Å². The standard InChI is InChI=1S/C36H88Si9/c1-10-19-28-40-39-44(35-26-17-8)37-38-45(40,36-27-18-9)43(33-24-15-6,34-25-16-7)41(29-20-11-2,30-21-12-3)42(44,31-22-13-4)32-23-14-5/h40H,10-39H2,1-9H3. The molecule has 0 N–H and O–H groups in total. The molecule has 0 aliphatic carbocycles. The fraction of sp³-hybridized carbons (Fsp3) is 1.00. The topological polar surface area (TPSA) is 0 Å². The second-order valence-corrected chi connectivity index (χ2v) is 117. The van der Waals surface area contributed by atoms with Crippen LogP contribution in [-0.4, -0.2) is 68.1 Å². The van der Waals surface area contributed by atoms with E-state index in [0.717, 1.165) is 0 Å². The Morgan fingerprint density at radius 2 is 0.711 bits per heavy atom. The Morgan fingerprint density at radius 1 is 0.356 bits per heavy atom. The highest BCUT2D eigenvalue weighted by molar-refractivity contribution is 8.23. The Hall–Kier alpha value is 1.95. The normalized spacial score (nSPS) is 28.3. The Bertz CT molecular complexity index is 756. The molecule has 3 unspecified atom stereocenters. The van der Waals surface area contributed by atoms with Crippen LogP contribution < -0.4 is 0 Å². The second kappa shape index (κ2) is 22.0. The minimum absolute atomic E-state index is 0.296. The van der Waals surface area contributed by atoms with Crippen LogP contribution in [0.5, 0.6) is 0 Å². The first-order valence-corrected chi connectivity index (χ1v) is 54.4. The minimum Gasteiger partial charge on any atom is -0.0654 e. The maximum Gasteiger partial charge on any atom is 0.0371 e. The molecule has 45 heavy (non-hydrogen) atoms. The average Bonchev–Trinajstić information content (AvgIpc) is 3.16. The Morgan fingerprint density at radius 3 is 1.13 bits per heavy atom. The maximum absolute atomic E-state index is 2.64. The van der Waals surface area contributed by atoms with Crippen molar-refractivity contribution in [1.82, 2.24) is 0 Å². The van der Waals surface area contributed by atoms with Gasteiger partial charge >= 0.3 is 0 Å². The first-order chi connectivity index (χ1) is 21.9. The molecule has 0 aromatic carbocycles. The molecule has 3 aliphatic rings. The molecule has 0 radical (unpaired) electrons. The van der Waals surface area contributed by atoms with E-state index in [4.69, 9.17) is 0 Å². The van der Waals surface area contributed by atoms with Crippen LogP contribution in [0.25, 0.3) is 0 Å². The van der Waals surface area contributed by atoms with Crippen molar-refractivity contribution >= 4 is 68.1 Å². The molecule has 3 aliphatic heterocycles. The van der Waals surface area contributed by atoms with Gasteiger partial charge < -0.3 is 0 Å². The first-order valence-electron chi connectivity index (χ1n) is 21.9. The average molecular weight is 774 g/mol. The third-order valence-electron chi connectivity index (χ3n) is 14.9. The summed E-state index contributed by atoms with van der Waals surface area (Å²) >= 11 is 0. The van der Waals surface area contributed by atoms with Gasteiger partial charge in [0, 0.05) is 42.4 Å². The van der Waals surface area contributed by atoms with Crippen molar-refractivity contribution in [3.05, 3.63) is 0 Å². The minimum atomic E-state index is -1.33. The predicted molar refractivity (Wildman–Crippen MR) is 239 cm³/mol. The van der Waals surface area contributed by atoms with E-state index < -0.39 is 42.4 Å². The molecular weight excluding hydrogens is 685 g/mol. The van der Waals surface area contributed by atoms with Crippen LogP contribution in [-0.2, 0) is 0 Å². The Labute approximate surface area is 298 Å². The summed E-state index contributed by atoms with van der Waals surface area (Å²) in [6.07, 6.45) is 29.3. The van der Waals surface area contributed by atoms with Gasteiger partial charge in [0.1, 0.15) is 0 Å². The van der Waals surface area contributed by atoms with Gasteiger partial charge in [-0.1, -0.05) is 232 Å². The molecule has 0 amide bonds. The van der Waals surface area contributed by atoms with E-state index in [1.807, 2.05) is 54.4 Å². The van der Waals surface area contributed by atoms with Crippen molar-refractivity contribution < 1.29 is 0 Å². The zero-order valence-corrected chi connectivity index (χ0v) is 43.7. The van der Waals surface area contributed by atoms with Gasteiger partial charge in [-0.3, -0.25) is 0 Å². The Kier molecular flexibility index (Phi) is 21.1. The fourth-order valence-corrected chi connectivity index (χ4v) is 569. The summed E-state index contributed by atoms with van der Waals surface area (Å²) in [5.74, 6) is 0. The van der Waals surface area contributed by atoms with E-state index in [2.05, 4.69) is 62.3 Å². The quantitative estimate of drug-likeness (QED) is 0.0730. The molecule has 3 saturated heterocycles. The van der Waals surface area contributed by atoms with Gasteiger partial charge in [0.2, 0.25) is 0 Å². The second-order valence-electron chi connectivity index (χ2n) is 17.1. The van der Waals surface area contributed by atoms with Crippen molar-refractivity contribution in [3.8, 4) is 0 Å². The number of rotatable bonds is 27. The third-order valence-corrected chi connectivity index (χ3v) is 271. The molecule has 2 bridgehead atoms. The van der Waals surface area contributed by atoms with Crippen LogP contribution in [0.4, 0.5) is 0 Å². The summed E-state index contributed by atoms with van der Waals surface area (Å²) in [6.45, 7) is 21.7. The molecule has 0 saturated carbocycles. The molecule has 0 spiro atoms. The molecule has 0 aromatic rings. The van der Waals surface area contributed by atoms with Gasteiger partial charge in [0.15, 0.2) is 0 Å². The largest absolute Gasteiger partial charge is 0.0654 e. The van der Waals surface area contributed by atoms with E-state index in [-0.39, 0.29) is 0 Å². The van der Waals surface area contributed by atoms with Crippen LogP contribution in [0.2, 0.25) is 54.4 Å². The molecule has 3 heterocycles.